The Morgan fingerprint density at radius 3 is 2.09 bits per heavy atom. The molecule has 1 aliphatic carbocycles. The molecule has 6 nitrogen and oxygen atoms in total. The predicted molar refractivity (Wildman–Crippen MR) is 106 cm³/mol. The highest BCUT2D eigenvalue weighted by atomic mass is 127. The van der Waals surface area contributed by atoms with Crippen molar-refractivity contribution in [2.45, 2.75) is 64.5 Å². The normalized spacial score (nSPS) is 21.4. The molecule has 0 spiro atoms. The molecule has 0 aromatic rings. The van der Waals surface area contributed by atoms with Gasteiger partial charge in [-0.05, 0) is 45.4 Å². The average Bonchev–Trinajstić information content (AvgIpc) is 2.43. The van der Waals surface area contributed by atoms with Crippen LogP contribution in [-0.2, 0) is 10.0 Å². The first-order valence-electron chi connectivity index (χ1n) is 8.60. The van der Waals surface area contributed by atoms with Gasteiger partial charge in [-0.25, -0.2) is 12.7 Å². The number of sulfonamides is 1. The van der Waals surface area contributed by atoms with Gasteiger partial charge in [0.25, 0.3) is 0 Å². The highest BCUT2D eigenvalue weighted by Gasteiger charge is 2.28. The summed E-state index contributed by atoms with van der Waals surface area (Å²) in [6, 6.07) is 0.869. The Morgan fingerprint density at radius 1 is 1.09 bits per heavy atom. The molecule has 8 heteroatoms. The second kappa shape index (κ2) is 10.0. The zero-order chi connectivity index (χ0) is 16.0. The van der Waals surface area contributed by atoms with Crippen molar-refractivity contribution in [3.8, 4) is 0 Å². The number of rotatable bonds is 6. The third-order valence-corrected chi connectivity index (χ3v) is 6.49. The third-order valence-electron chi connectivity index (χ3n) is 4.41. The van der Waals surface area contributed by atoms with E-state index in [4.69, 9.17) is 0 Å². The van der Waals surface area contributed by atoms with Gasteiger partial charge in [0.1, 0.15) is 0 Å². The van der Waals surface area contributed by atoms with Crippen LogP contribution in [0.2, 0.25) is 0 Å². The van der Waals surface area contributed by atoms with Gasteiger partial charge in [0.15, 0.2) is 5.96 Å². The fourth-order valence-electron chi connectivity index (χ4n) is 2.90. The van der Waals surface area contributed by atoms with Gasteiger partial charge in [0.05, 0.1) is 5.75 Å². The minimum Gasteiger partial charge on any atom is -0.354 e. The van der Waals surface area contributed by atoms with Gasteiger partial charge < -0.3 is 10.6 Å². The third kappa shape index (κ3) is 6.38. The molecule has 0 radical (unpaired) electrons. The Morgan fingerprint density at radius 2 is 1.65 bits per heavy atom. The van der Waals surface area contributed by atoms with Gasteiger partial charge >= 0.3 is 0 Å². The van der Waals surface area contributed by atoms with Crippen LogP contribution in [0.1, 0.15) is 52.4 Å². The molecule has 2 rings (SSSR count). The summed E-state index contributed by atoms with van der Waals surface area (Å²) in [5.41, 5.74) is 0. The lowest BCUT2D eigenvalue weighted by atomic mass is 9.93. The zero-order valence-electron chi connectivity index (χ0n) is 14.3. The summed E-state index contributed by atoms with van der Waals surface area (Å²) in [7, 11) is -3.05. The van der Waals surface area contributed by atoms with E-state index in [0.717, 1.165) is 25.3 Å². The molecule has 136 valence electrons. The van der Waals surface area contributed by atoms with Crippen molar-refractivity contribution in [3.63, 3.8) is 0 Å². The van der Waals surface area contributed by atoms with E-state index in [1.165, 1.54) is 19.3 Å². The Kier molecular flexibility index (Phi) is 9.13. The lowest BCUT2D eigenvalue weighted by Gasteiger charge is -2.34. The van der Waals surface area contributed by atoms with Gasteiger partial charge in [-0.2, -0.15) is 0 Å². The number of halogens is 1. The van der Waals surface area contributed by atoms with Crippen LogP contribution in [-0.4, -0.2) is 56.2 Å². The standard InChI is InChI=1S/C15H30N4O2S.HI/c1-3-12-22(20,21)19-10-8-14(9-11-19)18-15(16-4-2)17-13-6-5-7-13;/h13-14H,3-12H2,1-2H3,(H2,16,17,18);1H. The molecule has 1 aliphatic heterocycles. The molecule has 0 atom stereocenters. The summed E-state index contributed by atoms with van der Waals surface area (Å²) >= 11 is 0. The van der Waals surface area contributed by atoms with Crippen LogP contribution in [0.25, 0.3) is 0 Å². The molecular weight excluding hydrogens is 427 g/mol. The minimum absolute atomic E-state index is 0. The van der Waals surface area contributed by atoms with E-state index < -0.39 is 10.0 Å². The zero-order valence-corrected chi connectivity index (χ0v) is 17.4. The van der Waals surface area contributed by atoms with E-state index in [1.54, 1.807) is 4.31 Å². The van der Waals surface area contributed by atoms with Gasteiger partial charge in [0.2, 0.25) is 10.0 Å². The van der Waals surface area contributed by atoms with E-state index in [0.29, 0.717) is 31.6 Å². The highest BCUT2D eigenvalue weighted by Crippen LogP contribution is 2.18. The minimum atomic E-state index is -3.05. The van der Waals surface area contributed by atoms with E-state index in [-0.39, 0.29) is 29.7 Å². The maximum Gasteiger partial charge on any atom is 0.214 e. The van der Waals surface area contributed by atoms with E-state index in [1.807, 2.05) is 13.8 Å². The first-order valence-corrected chi connectivity index (χ1v) is 10.2. The number of hydrogen-bond acceptors (Lipinski definition) is 3. The molecular formula is C15H31IN4O2S. The van der Waals surface area contributed by atoms with Crippen LogP contribution >= 0.6 is 24.0 Å². The summed E-state index contributed by atoms with van der Waals surface area (Å²) < 4.78 is 25.8. The lowest BCUT2D eigenvalue weighted by Crippen LogP contribution is -2.53. The maximum atomic E-state index is 12.1. The Hall–Kier alpha value is -0.0900. The first kappa shape index (κ1) is 21.0. The van der Waals surface area contributed by atoms with Crippen LogP contribution in [0.15, 0.2) is 4.99 Å². The van der Waals surface area contributed by atoms with Crippen LogP contribution < -0.4 is 10.6 Å². The van der Waals surface area contributed by atoms with Crippen molar-refractivity contribution >= 4 is 40.0 Å². The van der Waals surface area contributed by atoms with E-state index in [2.05, 4.69) is 15.6 Å². The quantitative estimate of drug-likeness (QED) is 0.363. The molecule has 1 heterocycles. The van der Waals surface area contributed by atoms with Crippen molar-refractivity contribution in [1.82, 2.24) is 14.9 Å². The highest BCUT2D eigenvalue weighted by molar-refractivity contribution is 14.0. The van der Waals surface area contributed by atoms with Crippen LogP contribution in [0.4, 0.5) is 0 Å². The van der Waals surface area contributed by atoms with Crippen molar-refractivity contribution in [2.75, 3.05) is 25.4 Å². The molecule has 2 N–H and O–H groups in total. The van der Waals surface area contributed by atoms with Gasteiger partial charge in [-0.1, -0.05) is 6.92 Å². The smallest absolute Gasteiger partial charge is 0.214 e. The number of hydrogen-bond donors (Lipinski definition) is 2. The van der Waals surface area contributed by atoms with E-state index >= 15 is 0 Å². The Bertz CT molecular complexity index is 472. The molecule has 0 bridgehead atoms. The predicted octanol–water partition coefficient (Wildman–Crippen LogP) is 1.92. The number of guanidine groups is 1. The van der Waals surface area contributed by atoms with Crippen molar-refractivity contribution in [3.05, 3.63) is 0 Å². The number of piperidine rings is 1. The van der Waals surface area contributed by atoms with Crippen molar-refractivity contribution in [1.29, 1.82) is 0 Å². The first-order chi connectivity index (χ1) is 10.5. The molecule has 0 amide bonds. The van der Waals surface area contributed by atoms with Gasteiger partial charge in [-0.3, -0.25) is 4.99 Å². The second-order valence-electron chi connectivity index (χ2n) is 6.23. The summed E-state index contributed by atoms with van der Waals surface area (Å²) in [6.07, 6.45) is 6.11. The van der Waals surface area contributed by atoms with Gasteiger partial charge in [0, 0.05) is 31.7 Å². The van der Waals surface area contributed by atoms with Gasteiger partial charge in [-0.15, -0.1) is 24.0 Å². The van der Waals surface area contributed by atoms with Crippen LogP contribution in [0.5, 0.6) is 0 Å². The molecule has 0 aromatic heterocycles. The maximum absolute atomic E-state index is 12.1. The average molecular weight is 458 g/mol. The molecule has 1 saturated heterocycles. The summed E-state index contributed by atoms with van der Waals surface area (Å²) in [6.45, 7) is 5.92. The number of aliphatic imine (C=N–C) groups is 1. The molecule has 2 fully saturated rings. The molecule has 23 heavy (non-hydrogen) atoms. The molecule has 0 aromatic carbocycles. The van der Waals surface area contributed by atoms with Crippen molar-refractivity contribution in [2.24, 2.45) is 4.99 Å². The topological polar surface area (TPSA) is 73.8 Å². The molecule has 1 saturated carbocycles. The molecule has 2 aliphatic rings. The molecule has 0 unspecified atom stereocenters. The monoisotopic (exact) mass is 458 g/mol. The second-order valence-corrected chi connectivity index (χ2v) is 8.32. The largest absolute Gasteiger partial charge is 0.354 e. The summed E-state index contributed by atoms with van der Waals surface area (Å²) in [5, 5.41) is 6.95. The summed E-state index contributed by atoms with van der Waals surface area (Å²) in [4.78, 5) is 4.50. The van der Waals surface area contributed by atoms with Crippen LogP contribution in [0, 0.1) is 0 Å². The summed E-state index contributed by atoms with van der Waals surface area (Å²) in [5.74, 6) is 1.15. The Labute approximate surface area is 157 Å². The fourth-order valence-corrected chi connectivity index (χ4v) is 4.44. The fraction of sp³-hybridized carbons (Fsp3) is 0.933. The van der Waals surface area contributed by atoms with Crippen molar-refractivity contribution < 1.29 is 8.42 Å². The number of nitrogens with zero attached hydrogens (tertiary/aromatic N) is 2. The van der Waals surface area contributed by atoms with Crippen LogP contribution in [0.3, 0.4) is 0 Å². The Balaban J connectivity index is 0.00000264. The number of nitrogens with one attached hydrogen (secondary N) is 2. The SMILES string of the molecule is CCCS(=O)(=O)N1CCC(NC(=NCC)NC2CCC2)CC1.I. The van der Waals surface area contributed by atoms with E-state index in [9.17, 15) is 8.42 Å². The lowest BCUT2D eigenvalue weighted by molar-refractivity contribution is 0.303.